The van der Waals surface area contributed by atoms with Crippen LogP contribution in [0.5, 0.6) is 11.5 Å². The number of aromatic nitrogens is 2. The third-order valence-electron chi connectivity index (χ3n) is 4.88. The van der Waals surface area contributed by atoms with E-state index in [0.29, 0.717) is 47.4 Å². The average Bonchev–Trinajstić information content (AvgIpc) is 3.46. The molecule has 1 aliphatic rings. The Morgan fingerprint density at radius 1 is 1.00 bits per heavy atom. The Balaban J connectivity index is 1.60. The molecule has 0 saturated carbocycles. The molecule has 1 saturated heterocycles. The minimum absolute atomic E-state index is 0.267. The summed E-state index contributed by atoms with van der Waals surface area (Å²) in [6.45, 7) is 1.14. The number of nitrogens with zero attached hydrogens (tertiary/aromatic N) is 3. The molecule has 0 unspecified atom stereocenters. The Bertz CT molecular complexity index is 1100. The van der Waals surface area contributed by atoms with Gasteiger partial charge in [-0.15, -0.1) is 0 Å². The summed E-state index contributed by atoms with van der Waals surface area (Å²) in [6.07, 6.45) is 1.80. The van der Waals surface area contributed by atoms with Gasteiger partial charge in [-0.2, -0.15) is 9.29 Å². The molecule has 3 aromatic rings. The van der Waals surface area contributed by atoms with E-state index in [4.69, 9.17) is 14.0 Å². The summed E-state index contributed by atoms with van der Waals surface area (Å²) >= 11 is 0. The molecule has 9 heteroatoms. The fraction of sp³-hybridized carbons (Fsp3) is 0.300. The summed E-state index contributed by atoms with van der Waals surface area (Å²) in [5, 5.41) is 4.02. The smallest absolute Gasteiger partial charge is 0.262 e. The summed E-state index contributed by atoms with van der Waals surface area (Å²) in [5.74, 6) is 1.86. The van der Waals surface area contributed by atoms with Gasteiger partial charge in [0.25, 0.3) is 5.89 Å². The normalized spacial score (nSPS) is 14.8. The topological polar surface area (TPSA) is 94.8 Å². The number of rotatable bonds is 6. The first kappa shape index (κ1) is 19.4. The minimum atomic E-state index is -3.45. The summed E-state index contributed by atoms with van der Waals surface area (Å²) in [4.78, 5) is 4.69. The Morgan fingerprint density at radius 3 is 2.38 bits per heavy atom. The second kappa shape index (κ2) is 7.84. The van der Waals surface area contributed by atoms with Crippen molar-refractivity contribution in [2.45, 2.75) is 17.7 Å². The van der Waals surface area contributed by atoms with Gasteiger partial charge in [0.05, 0.1) is 24.7 Å². The van der Waals surface area contributed by atoms with E-state index in [9.17, 15) is 8.42 Å². The van der Waals surface area contributed by atoms with Crippen LogP contribution in [0.3, 0.4) is 0 Å². The van der Waals surface area contributed by atoms with E-state index in [1.54, 1.807) is 56.7 Å². The molecule has 1 fully saturated rings. The van der Waals surface area contributed by atoms with Gasteiger partial charge in [-0.25, -0.2) is 8.42 Å². The van der Waals surface area contributed by atoms with E-state index >= 15 is 0 Å². The molecular formula is C20H21N3O5S. The number of methoxy groups -OCH3 is 2. The molecule has 29 heavy (non-hydrogen) atoms. The van der Waals surface area contributed by atoms with Crippen LogP contribution in [0.25, 0.3) is 22.8 Å². The van der Waals surface area contributed by atoms with Crippen molar-refractivity contribution < 1.29 is 22.4 Å². The highest BCUT2D eigenvalue weighted by Gasteiger charge is 2.27. The molecule has 4 rings (SSSR count). The maximum absolute atomic E-state index is 12.6. The molecule has 8 nitrogen and oxygen atoms in total. The van der Waals surface area contributed by atoms with Gasteiger partial charge in [0, 0.05) is 24.7 Å². The van der Waals surface area contributed by atoms with Crippen LogP contribution in [-0.2, 0) is 10.0 Å². The molecule has 0 N–H and O–H groups in total. The number of hydrogen-bond acceptors (Lipinski definition) is 7. The summed E-state index contributed by atoms with van der Waals surface area (Å²) in [6, 6.07) is 11.8. The van der Waals surface area contributed by atoms with E-state index in [-0.39, 0.29) is 4.90 Å². The molecule has 1 aliphatic heterocycles. The lowest BCUT2D eigenvalue weighted by Crippen LogP contribution is -2.27. The third kappa shape index (κ3) is 3.70. The second-order valence-electron chi connectivity index (χ2n) is 6.62. The van der Waals surface area contributed by atoms with E-state index in [1.807, 2.05) is 0 Å². The molecule has 0 aliphatic carbocycles. The first-order valence-electron chi connectivity index (χ1n) is 9.19. The van der Waals surface area contributed by atoms with Crippen molar-refractivity contribution in [3.8, 4) is 34.3 Å². The molecule has 0 atom stereocenters. The van der Waals surface area contributed by atoms with E-state index in [0.717, 1.165) is 12.8 Å². The molecule has 152 valence electrons. The highest BCUT2D eigenvalue weighted by molar-refractivity contribution is 7.89. The van der Waals surface area contributed by atoms with Crippen LogP contribution in [0.4, 0.5) is 0 Å². The van der Waals surface area contributed by atoms with Crippen molar-refractivity contribution in [3.05, 3.63) is 42.5 Å². The van der Waals surface area contributed by atoms with Crippen LogP contribution >= 0.6 is 0 Å². The van der Waals surface area contributed by atoms with Gasteiger partial charge in [0.15, 0.2) is 0 Å². The first-order chi connectivity index (χ1) is 14.0. The maximum Gasteiger partial charge on any atom is 0.262 e. The predicted molar refractivity (Wildman–Crippen MR) is 106 cm³/mol. The first-order valence-corrected chi connectivity index (χ1v) is 10.6. The van der Waals surface area contributed by atoms with Gasteiger partial charge < -0.3 is 14.0 Å². The molecular weight excluding hydrogens is 394 g/mol. The zero-order valence-corrected chi connectivity index (χ0v) is 17.0. The van der Waals surface area contributed by atoms with Crippen molar-refractivity contribution in [2.75, 3.05) is 27.3 Å². The SMILES string of the molecule is COc1ccc(-c2nc(-c3ccc(S(=O)(=O)N4CCCC4)cc3)no2)c(OC)c1. The average molecular weight is 415 g/mol. The van der Waals surface area contributed by atoms with E-state index in [1.165, 1.54) is 4.31 Å². The monoisotopic (exact) mass is 415 g/mol. The van der Waals surface area contributed by atoms with Gasteiger partial charge >= 0.3 is 0 Å². The van der Waals surface area contributed by atoms with Gasteiger partial charge in [0.1, 0.15) is 11.5 Å². The highest BCUT2D eigenvalue weighted by atomic mass is 32.2. The Labute approximate surface area is 169 Å². The predicted octanol–water partition coefficient (Wildman–Crippen LogP) is 3.21. The van der Waals surface area contributed by atoms with Gasteiger partial charge in [0.2, 0.25) is 15.8 Å². The van der Waals surface area contributed by atoms with Crippen LogP contribution in [0.15, 0.2) is 51.9 Å². The van der Waals surface area contributed by atoms with E-state index in [2.05, 4.69) is 10.1 Å². The molecule has 2 heterocycles. The molecule has 0 spiro atoms. The van der Waals surface area contributed by atoms with Gasteiger partial charge in [-0.3, -0.25) is 0 Å². The Kier molecular flexibility index (Phi) is 5.25. The lowest BCUT2D eigenvalue weighted by atomic mass is 10.2. The van der Waals surface area contributed by atoms with Crippen LogP contribution in [-0.4, -0.2) is 50.2 Å². The molecule has 0 radical (unpaired) electrons. The molecule has 2 aromatic carbocycles. The number of hydrogen-bond donors (Lipinski definition) is 0. The molecule has 1 aromatic heterocycles. The van der Waals surface area contributed by atoms with Crippen LogP contribution in [0, 0.1) is 0 Å². The lowest BCUT2D eigenvalue weighted by Gasteiger charge is -2.15. The number of ether oxygens (including phenoxy) is 2. The maximum atomic E-state index is 12.6. The van der Waals surface area contributed by atoms with E-state index < -0.39 is 10.0 Å². The standard InChI is InChI=1S/C20H21N3O5S/c1-26-15-7-10-17(18(13-15)27-2)20-21-19(22-28-20)14-5-8-16(9-6-14)29(24,25)23-11-3-4-12-23/h5-10,13H,3-4,11-12H2,1-2H3. The van der Waals surface area contributed by atoms with Crippen molar-refractivity contribution in [1.29, 1.82) is 0 Å². The Hall–Kier alpha value is -2.91. The van der Waals surface area contributed by atoms with Crippen molar-refractivity contribution in [2.24, 2.45) is 0 Å². The molecule has 0 amide bonds. The fourth-order valence-electron chi connectivity index (χ4n) is 3.28. The summed E-state index contributed by atoms with van der Waals surface area (Å²) < 4.78 is 42.8. The fourth-order valence-corrected chi connectivity index (χ4v) is 4.80. The van der Waals surface area contributed by atoms with Gasteiger partial charge in [-0.05, 0) is 49.2 Å². The molecule has 0 bridgehead atoms. The number of sulfonamides is 1. The minimum Gasteiger partial charge on any atom is -0.497 e. The lowest BCUT2D eigenvalue weighted by molar-refractivity contribution is 0.391. The highest BCUT2D eigenvalue weighted by Crippen LogP contribution is 2.33. The zero-order chi connectivity index (χ0) is 20.4. The Morgan fingerprint density at radius 2 is 1.72 bits per heavy atom. The second-order valence-corrected chi connectivity index (χ2v) is 8.56. The van der Waals surface area contributed by atoms with Crippen molar-refractivity contribution in [3.63, 3.8) is 0 Å². The van der Waals surface area contributed by atoms with Crippen molar-refractivity contribution >= 4 is 10.0 Å². The summed E-state index contributed by atoms with van der Waals surface area (Å²) in [5.41, 5.74) is 1.30. The van der Waals surface area contributed by atoms with Crippen LogP contribution in [0.2, 0.25) is 0 Å². The quantitative estimate of drug-likeness (QED) is 0.610. The van der Waals surface area contributed by atoms with Gasteiger partial charge in [-0.1, -0.05) is 5.16 Å². The summed E-state index contributed by atoms with van der Waals surface area (Å²) in [7, 11) is -0.323. The third-order valence-corrected chi connectivity index (χ3v) is 6.79. The number of benzene rings is 2. The zero-order valence-electron chi connectivity index (χ0n) is 16.2. The van der Waals surface area contributed by atoms with Crippen LogP contribution in [0.1, 0.15) is 12.8 Å². The van der Waals surface area contributed by atoms with Crippen molar-refractivity contribution in [1.82, 2.24) is 14.4 Å². The van der Waals surface area contributed by atoms with Crippen LogP contribution < -0.4 is 9.47 Å². The largest absolute Gasteiger partial charge is 0.497 e.